The van der Waals surface area contributed by atoms with Gasteiger partial charge in [0.25, 0.3) is 0 Å². The number of hydrogen-bond acceptors (Lipinski definition) is 8. The van der Waals surface area contributed by atoms with Crippen LogP contribution in [-0.4, -0.2) is 66.0 Å². The Morgan fingerprint density at radius 3 is 2.27 bits per heavy atom. The Balaban J connectivity index is 1.92. The van der Waals surface area contributed by atoms with Crippen LogP contribution in [0.1, 0.15) is 35.7 Å². The van der Waals surface area contributed by atoms with Crippen LogP contribution in [0.4, 0.5) is 20.6 Å². The molecule has 1 amide bonds. The number of hydrogen-bond donors (Lipinski definition) is 7. The fourth-order valence-electron chi connectivity index (χ4n) is 4.19. The summed E-state index contributed by atoms with van der Waals surface area (Å²) in [6.45, 7) is 0.526. The second kappa shape index (κ2) is 9.48. The molecule has 15 nitrogen and oxygen atoms in total. The summed E-state index contributed by atoms with van der Waals surface area (Å²) in [6.07, 6.45) is 0.985. The van der Waals surface area contributed by atoms with Crippen molar-refractivity contribution in [2.75, 3.05) is 23.3 Å². The zero-order chi connectivity index (χ0) is 27.4. The number of amides is 1. The average molecular weight is 564 g/mol. The van der Waals surface area contributed by atoms with Crippen LogP contribution in [0.2, 0.25) is 0 Å². The monoisotopic (exact) mass is 564 g/mol. The first kappa shape index (κ1) is 27.2. The normalized spacial score (nSPS) is 18.5. The highest BCUT2D eigenvalue weighted by atomic mass is 31.2. The number of fused-ring (bicyclic) bond motifs is 1. The molecule has 37 heavy (non-hydrogen) atoms. The lowest BCUT2D eigenvalue weighted by Crippen LogP contribution is -2.29. The van der Waals surface area contributed by atoms with Crippen molar-refractivity contribution in [2.45, 2.75) is 36.9 Å². The van der Waals surface area contributed by atoms with Crippen LogP contribution >= 0.6 is 15.2 Å². The Morgan fingerprint density at radius 2 is 1.78 bits per heavy atom. The lowest BCUT2D eigenvalue weighted by Gasteiger charge is -2.24. The Hall–Kier alpha value is -2.84. The van der Waals surface area contributed by atoms with Crippen molar-refractivity contribution < 1.29 is 52.5 Å². The summed E-state index contributed by atoms with van der Waals surface area (Å²) < 4.78 is 44.6. The van der Waals surface area contributed by atoms with Gasteiger partial charge in [0.1, 0.15) is 5.56 Å². The molecule has 2 aromatic rings. The van der Waals surface area contributed by atoms with Gasteiger partial charge >= 0.3 is 32.8 Å². The molecule has 0 radical (unpaired) electrons. The second-order valence-electron chi connectivity index (χ2n) is 8.82. The third kappa shape index (κ3) is 5.41. The van der Waals surface area contributed by atoms with Gasteiger partial charge in [0.2, 0.25) is 5.43 Å². The number of aromatic nitrogens is 1. The lowest BCUT2D eigenvalue weighted by molar-refractivity contribution is 0.0694. The number of nitrogens with two attached hydrogens (primary N) is 1. The van der Waals surface area contributed by atoms with Crippen molar-refractivity contribution in [1.82, 2.24) is 4.57 Å². The van der Waals surface area contributed by atoms with Gasteiger partial charge in [0.15, 0.2) is 5.82 Å². The SMILES string of the molecule is NC1CCN(c2cc3c(c(NC(=O)OC(P(=O)(O)O)P(=O)(O)O)c2F)c(=O)c(C(=O)O)cn3C2CC2)C1. The van der Waals surface area contributed by atoms with Crippen molar-refractivity contribution >= 4 is 49.5 Å². The Kier molecular flexibility index (Phi) is 6.97. The van der Waals surface area contributed by atoms with E-state index in [2.05, 4.69) is 4.74 Å². The van der Waals surface area contributed by atoms with Gasteiger partial charge in [-0.05, 0) is 25.3 Å². The molecule has 1 unspecified atom stereocenters. The third-order valence-electron chi connectivity index (χ3n) is 5.99. The summed E-state index contributed by atoms with van der Waals surface area (Å²) in [5, 5.41) is 10.8. The molecule has 8 N–H and O–H groups in total. The molecule has 1 atom stereocenters. The summed E-state index contributed by atoms with van der Waals surface area (Å²) in [7, 11) is -11.4. The first-order valence-corrected chi connectivity index (χ1v) is 14.2. The fourth-order valence-corrected chi connectivity index (χ4v) is 6.22. The predicted octanol–water partition coefficient (Wildman–Crippen LogP) is 0.899. The van der Waals surface area contributed by atoms with E-state index in [4.69, 9.17) is 5.73 Å². The van der Waals surface area contributed by atoms with E-state index in [9.17, 15) is 48.2 Å². The average Bonchev–Trinajstić information content (AvgIpc) is 3.52. The highest BCUT2D eigenvalue weighted by Crippen LogP contribution is 2.60. The minimum Gasteiger partial charge on any atom is -0.477 e. The maximum atomic E-state index is 15.9. The van der Waals surface area contributed by atoms with Gasteiger partial charge in [-0.2, -0.15) is 0 Å². The first-order valence-electron chi connectivity index (χ1n) is 10.8. The maximum absolute atomic E-state index is 15.9. The zero-order valence-corrected chi connectivity index (χ0v) is 20.6. The van der Waals surface area contributed by atoms with E-state index < -0.39 is 60.7 Å². The van der Waals surface area contributed by atoms with Crippen LogP contribution in [0.15, 0.2) is 17.1 Å². The number of nitrogens with one attached hydrogen (secondary N) is 1. The van der Waals surface area contributed by atoms with E-state index in [1.807, 2.05) is 5.32 Å². The number of benzene rings is 1. The second-order valence-corrected chi connectivity index (χ2v) is 12.5. The van der Waals surface area contributed by atoms with Gasteiger partial charge in [0.05, 0.1) is 22.3 Å². The topological polar surface area (TPSA) is 242 Å². The van der Waals surface area contributed by atoms with Crippen molar-refractivity contribution in [2.24, 2.45) is 5.73 Å². The molecule has 1 saturated heterocycles. The van der Waals surface area contributed by atoms with E-state index >= 15 is 4.39 Å². The number of carbonyl (C=O) groups excluding carboxylic acids is 1. The largest absolute Gasteiger partial charge is 0.477 e. The zero-order valence-electron chi connectivity index (χ0n) is 18.9. The van der Waals surface area contributed by atoms with Gasteiger partial charge < -0.3 is 44.6 Å². The summed E-state index contributed by atoms with van der Waals surface area (Å²) in [5.41, 5.74) is -0.0930. The molecule has 1 aromatic carbocycles. The van der Waals surface area contributed by atoms with Gasteiger partial charge in [-0.1, -0.05) is 0 Å². The Morgan fingerprint density at radius 1 is 1.16 bits per heavy atom. The highest BCUT2D eigenvalue weighted by molar-refractivity contribution is 7.70. The number of rotatable bonds is 7. The molecule has 0 spiro atoms. The van der Waals surface area contributed by atoms with Crippen molar-refractivity contribution in [3.8, 4) is 0 Å². The van der Waals surface area contributed by atoms with Crippen molar-refractivity contribution in [1.29, 1.82) is 0 Å². The van der Waals surface area contributed by atoms with Crippen LogP contribution in [0.5, 0.6) is 0 Å². The van der Waals surface area contributed by atoms with Gasteiger partial charge in [0, 0.05) is 31.4 Å². The quantitative estimate of drug-likeness (QED) is 0.232. The van der Waals surface area contributed by atoms with E-state index in [0.29, 0.717) is 25.8 Å². The summed E-state index contributed by atoms with van der Waals surface area (Å²) in [6, 6.07) is 0.802. The summed E-state index contributed by atoms with van der Waals surface area (Å²) >= 11 is 0. The number of halogens is 1. The van der Waals surface area contributed by atoms with Gasteiger partial charge in [-0.25, -0.2) is 14.0 Å². The molecule has 202 valence electrons. The first-order chi connectivity index (χ1) is 17.1. The number of nitrogens with zero attached hydrogens (tertiary/aromatic N) is 2. The molecule has 2 fully saturated rings. The molecule has 1 aliphatic heterocycles. The van der Waals surface area contributed by atoms with Crippen LogP contribution in [0.25, 0.3) is 10.9 Å². The predicted molar refractivity (Wildman–Crippen MR) is 126 cm³/mol. The number of pyridine rings is 1. The third-order valence-corrected chi connectivity index (χ3v) is 9.16. The van der Waals surface area contributed by atoms with E-state index in [1.165, 1.54) is 15.5 Å². The molecule has 18 heteroatoms. The molecule has 1 aliphatic carbocycles. The molecule has 2 heterocycles. The number of carbonyl (C=O) groups is 2. The Bertz CT molecular complexity index is 1430. The van der Waals surface area contributed by atoms with Crippen LogP contribution < -0.4 is 21.4 Å². The summed E-state index contributed by atoms with van der Waals surface area (Å²) in [5.74, 6) is -2.82. The van der Waals surface area contributed by atoms with Crippen LogP contribution in [0, 0.1) is 5.82 Å². The molecule has 1 aromatic heterocycles. The van der Waals surface area contributed by atoms with E-state index in [0.717, 1.165) is 6.20 Å². The molecule has 2 aliphatic rings. The molecule has 4 rings (SSSR count). The number of carboxylic acids is 1. The lowest BCUT2D eigenvalue weighted by atomic mass is 10.1. The van der Waals surface area contributed by atoms with Gasteiger partial charge in [-0.3, -0.25) is 19.2 Å². The molecule has 0 bridgehead atoms. The van der Waals surface area contributed by atoms with Crippen molar-refractivity contribution in [3.05, 3.63) is 33.9 Å². The fraction of sp³-hybridized carbons (Fsp3) is 0.421. The number of anilines is 2. The molecular formula is C19H23FN4O11P2. The molecular weight excluding hydrogens is 541 g/mol. The standard InChI is InChI=1S/C19H23FN4O11P2/c20-14-12(23-4-3-8(21)6-23)5-11-13(16(25)10(17(26)27)7-24(11)9-1-2-9)15(14)22-18(28)35-19(36(29,30)31)37(32,33)34/h5,7-9,19H,1-4,6,21H2,(H,22,28)(H,26,27)(H2,29,30,31)(H2,32,33,34). The minimum atomic E-state index is -5.70. The number of ether oxygens (including phenoxy) is 1. The highest BCUT2D eigenvalue weighted by Gasteiger charge is 2.47. The van der Waals surface area contributed by atoms with Crippen LogP contribution in [-0.2, 0) is 13.9 Å². The Labute approximate surface area is 206 Å². The number of carboxylic acid groups (broad SMARTS) is 1. The maximum Gasteiger partial charge on any atom is 0.413 e. The van der Waals surface area contributed by atoms with E-state index in [-0.39, 0.29) is 29.8 Å². The van der Waals surface area contributed by atoms with Gasteiger partial charge in [-0.15, -0.1) is 0 Å². The molecule has 1 saturated carbocycles. The van der Waals surface area contributed by atoms with Crippen molar-refractivity contribution in [3.63, 3.8) is 0 Å². The minimum absolute atomic E-state index is 0.0613. The summed E-state index contributed by atoms with van der Waals surface area (Å²) in [4.78, 5) is 75.8. The van der Waals surface area contributed by atoms with Crippen LogP contribution in [0.3, 0.4) is 0 Å². The number of aromatic carboxylic acids is 1. The smallest absolute Gasteiger partial charge is 0.413 e. The van der Waals surface area contributed by atoms with E-state index in [1.54, 1.807) is 0 Å².